The summed E-state index contributed by atoms with van der Waals surface area (Å²) in [6.07, 6.45) is 6.32. The van der Waals surface area contributed by atoms with Crippen molar-refractivity contribution in [3.8, 4) is 0 Å². The first-order valence-corrected chi connectivity index (χ1v) is 9.44. The molecule has 2 aromatic rings. The summed E-state index contributed by atoms with van der Waals surface area (Å²) in [4.78, 5) is 0. The first-order valence-electron chi connectivity index (χ1n) is 7.79. The van der Waals surface area contributed by atoms with Crippen LogP contribution in [0.1, 0.15) is 29.7 Å². The van der Waals surface area contributed by atoms with Crippen LogP contribution in [0.5, 0.6) is 0 Å². The highest BCUT2D eigenvalue weighted by molar-refractivity contribution is 7.88. The molecule has 1 aromatic carbocycles. The Hall–Kier alpha value is -1.73. The zero-order valence-corrected chi connectivity index (χ0v) is 13.7. The summed E-state index contributed by atoms with van der Waals surface area (Å²) in [6.45, 7) is 0.829. The SMILES string of the molecule is O=S(=O)(Cc1ccc(F)cc1)NCCn1ncc2c1CCCC2. The maximum absolute atomic E-state index is 12.8. The van der Waals surface area contributed by atoms with Gasteiger partial charge in [-0.2, -0.15) is 5.10 Å². The van der Waals surface area contributed by atoms with E-state index in [0.29, 0.717) is 18.7 Å². The van der Waals surface area contributed by atoms with Crippen LogP contribution in [0, 0.1) is 5.82 Å². The summed E-state index contributed by atoms with van der Waals surface area (Å²) in [6, 6.07) is 5.50. The van der Waals surface area contributed by atoms with Gasteiger partial charge < -0.3 is 0 Å². The molecule has 0 amide bonds. The number of nitrogens with one attached hydrogen (secondary N) is 1. The standard InChI is InChI=1S/C16H20FN3O2S/c17-15-7-5-13(6-8-15)12-23(21,22)19-9-10-20-16-4-2-1-3-14(16)11-18-20/h5-8,11,19H,1-4,9-10,12H2. The van der Waals surface area contributed by atoms with Crippen molar-refractivity contribution in [2.75, 3.05) is 6.54 Å². The zero-order valence-electron chi connectivity index (χ0n) is 12.8. The summed E-state index contributed by atoms with van der Waals surface area (Å²) in [5, 5.41) is 4.35. The summed E-state index contributed by atoms with van der Waals surface area (Å²) in [5.41, 5.74) is 3.08. The number of benzene rings is 1. The Morgan fingerprint density at radius 1 is 1.17 bits per heavy atom. The van der Waals surface area contributed by atoms with Gasteiger partial charge in [-0.15, -0.1) is 0 Å². The van der Waals surface area contributed by atoms with E-state index in [1.165, 1.54) is 41.9 Å². The Morgan fingerprint density at radius 2 is 1.91 bits per heavy atom. The number of sulfonamides is 1. The quantitative estimate of drug-likeness (QED) is 0.877. The number of halogens is 1. The van der Waals surface area contributed by atoms with E-state index in [1.54, 1.807) is 0 Å². The van der Waals surface area contributed by atoms with Gasteiger partial charge >= 0.3 is 0 Å². The minimum Gasteiger partial charge on any atom is -0.268 e. The molecule has 1 heterocycles. The Bertz CT molecular complexity index is 769. The van der Waals surface area contributed by atoms with Crippen LogP contribution in [0.4, 0.5) is 4.39 Å². The van der Waals surface area contributed by atoms with Crippen LogP contribution in [-0.2, 0) is 35.2 Å². The van der Waals surface area contributed by atoms with Gasteiger partial charge in [-0.1, -0.05) is 12.1 Å². The van der Waals surface area contributed by atoms with Gasteiger partial charge in [0.2, 0.25) is 10.0 Å². The Balaban J connectivity index is 1.55. The lowest BCUT2D eigenvalue weighted by atomic mass is 9.98. The predicted molar refractivity (Wildman–Crippen MR) is 85.9 cm³/mol. The Labute approximate surface area is 135 Å². The fourth-order valence-corrected chi connectivity index (χ4v) is 4.04. The molecule has 5 nitrogen and oxygen atoms in total. The average molecular weight is 337 g/mol. The molecule has 0 saturated carbocycles. The third kappa shape index (κ3) is 4.17. The predicted octanol–water partition coefficient (Wildman–Crippen LogP) is 2.02. The lowest BCUT2D eigenvalue weighted by Crippen LogP contribution is -2.29. The first-order chi connectivity index (χ1) is 11.0. The second-order valence-corrected chi connectivity index (χ2v) is 7.63. The van der Waals surface area contributed by atoms with Gasteiger partial charge in [-0.05, 0) is 48.9 Å². The summed E-state index contributed by atoms with van der Waals surface area (Å²) >= 11 is 0. The number of nitrogens with zero attached hydrogens (tertiary/aromatic N) is 2. The normalized spacial score (nSPS) is 14.7. The highest BCUT2D eigenvalue weighted by atomic mass is 32.2. The summed E-state index contributed by atoms with van der Waals surface area (Å²) in [7, 11) is -3.44. The topological polar surface area (TPSA) is 64.0 Å². The van der Waals surface area contributed by atoms with Crippen LogP contribution >= 0.6 is 0 Å². The van der Waals surface area contributed by atoms with Crippen molar-refractivity contribution in [3.63, 3.8) is 0 Å². The molecule has 124 valence electrons. The fourth-order valence-electron chi connectivity index (χ4n) is 2.91. The molecule has 0 aliphatic heterocycles. The van der Waals surface area contributed by atoms with Gasteiger partial charge in [0, 0.05) is 12.2 Å². The largest absolute Gasteiger partial charge is 0.268 e. The molecule has 0 radical (unpaired) electrons. The molecule has 3 rings (SSSR count). The van der Waals surface area contributed by atoms with Crippen LogP contribution < -0.4 is 4.72 Å². The summed E-state index contributed by atoms with van der Waals surface area (Å²) in [5.74, 6) is -0.521. The first kappa shape index (κ1) is 16.1. The number of fused-ring (bicyclic) bond motifs is 1. The summed E-state index contributed by atoms with van der Waals surface area (Å²) < 4.78 is 41.5. The second-order valence-electron chi connectivity index (χ2n) is 5.83. The van der Waals surface area contributed by atoms with Gasteiger partial charge in [0.1, 0.15) is 5.82 Å². The molecule has 0 unspecified atom stereocenters. The third-order valence-electron chi connectivity index (χ3n) is 4.06. The van der Waals surface area contributed by atoms with E-state index in [0.717, 1.165) is 19.3 Å². The minimum atomic E-state index is -3.44. The number of hydrogen-bond donors (Lipinski definition) is 1. The van der Waals surface area contributed by atoms with E-state index in [-0.39, 0.29) is 11.6 Å². The molecule has 23 heavy (non-hydrogen) atoms. The van der Waals surface area contributed by atoms with Crippen molar-refractivity contribution in [1.29, 1.82) is 0 Å². The Morgan fingerprint density at radius 3 is 2.70 bits per heavy atom. The van der Waals surface area contributed by atoms with E-state index in [4.69, 9.17) is 0 Å². The van der Waals surface area contributed by atoms with Gasteiger partial charge in [0.25, 0.3) is 0 Å². The number of aryl methyl sites for hydroxylation is 1. The monoisotopic (exact) mass is 337 g/mol. The lowest BCUT2D eigenvalue weighted by molar-refractivity contribution is 0.538. The van der Waals surface area contributed by atoms with Gasteiger partial charge in [-0.25, -0.2) is 17.5 Å². The van der Waals surface area contributed by atoms with E-state index < -0.39 is 10.0 Å². The third-order valence-corrected chi connectivity index (χ3v) is 5.42. The average Bonchev–Trinajstić information content (AvgIpc) is 2.93. The zero-order chi connectivity index (χ0) is 16.3. The van der Waals surface area contributed by atoms with Crippen molar-refractivity contribution < 1.29 is 12.8 Å². The highest BCUT2D eigenvalue weighted by Gasteiger charge is 2.16. The lowest BCUT2D eigenvalue weighted by Gasteiger charge is -2.14. The molecule has 0 spiro atoms. The van der Waals surface area contributed by atoms with E-state index in [2.05, 4.69) is 9.82 Å². The van der Waals surface area contributed by atoms with Crippen molar-refractivity contribution in [2.24, 2.45) is 0 Å². The number of aromatic nitrogens is 2. The van der Waals surface area contributed by atoms with Crippen LogP contribution in [0.15, 0.2) is 30.5 Å². The van der Waals surface area contributed by atoms with Gasteiger partial charge in [-0.3, -0.25) is 4.68 Å². The van der Waals surface area contributed by atoms with Crippen molar-refractivity contribution in [3.05, 3.63) is 53.1 Å². The molecule has 0 bridgehead atoms. The number of hydrogen-bond acceptors (Lipinski definition) is 3. The molecule has 1 aliphatic rings. The Kier molecular flexibility index (Phi) is 4.77. The van der Waals surface area contributed by atoms with Crippen LogP contribution in [-0.4, -0.2) is 24.7 Å². The highest BCUT2D eigenvalue weighted by Crippen LogP contribution is 2.20. The van der Waals surface area contributed by atoms with Crippen molar-refractivity contribution in [1.82, 2.24) is 14.5 Å². The smallest absolute Gasteiger partial charge is 0.215 e. The molecule has 1 aliphatic carbocycles. The van der Waals surface area contributed by atoms with Crippen LogP contribution in [0.3, 0.4) is 0 Å². The molecule has 0 fully saturated rings. The maximum Gasteiger partial charge on any atom is 0.215 e. The molecule has 0 atom stereocenters. The van der Waals surface area contributed by atoms with Crippen LogP contribution in [0.2, 0.25) is 0 Å². The van der Waals surface area contributed by atoms with E-state index in [9.17, 15) is 12.8 Å². The van der Waals surface area contributed by atoms with Crippen LogP contribution in [0.25, 0.3) is 0 Å². The second kappa shape index (κ2) is 6.80. The van der Waals surface area contributed by atoms with E-state index in [1.807, 2.05) is 10.9 Å². The van der Waals surface area contributed by atoms with Gasteiger partial charge in [0.05, 0.1) is 18.5 Å². The molecule has 1 aromatic heterocycles. The molecule has 7 heteroatoms. The van der Waals surface area contributed by atoms with E-state index >= 15 is 0 Å². The fraction of sp³-hybridized carbons (Fsp3) is 0.438. The minimum absolute atomic E-state index is 0.148. The number of rotatable bonds is 6. The molecule has 0 saturated heterocycles. The molecule has 1 N–H and O–H groups in total. The van der Waals surface area contributed by atoms with Gasteiger partial charge in [0.15, 0.2) is 0 Å². The molecular formula is C16H20FN3O2S. The van der Waals surface area contributed by atoms with Crippen molar-refractivity contribution in [2.45, 2.75) is 38.0 Å². The maximum atomic E-state index is 12.8. The molecular weight excluding hydrogens is 317 g/mol. The van der Waals surface area contributed by atoms with Crippen molar-refractivity contribution >= 4 is 10.0 Å².